The number of furan rings is 1. The third kappa shape index (κ3) is 5.31. The lowest BCUT2D eigenvalue weighted by molar-refractivity contribution is 0.0929. The molecule has 0 aliphatic carbocycles. The van der Waals surface area contributed by atoms with E-state index in [-0.39, 0.29) is 11.6 Å². The van der Waals surface area contributed by atoms with E-state index in [1.54, 1.807) is 42.5 Å². The Labute approximate surface area is 184 Å². The number of amides is 1. The summed E-state index contributed by atoms with van der Waals surface area (Å²) in [5, 5.41) is 4.76. The van der Waals surface area contributed by atoms with Crippen LogP contribution in [0.15, 0.2) is 82.3 Å². The summed E-state index contributed by atoms with van der Waals surface area (Å²) in [4.78, 5) is 12.3. The Morgan fingerprint density at radius 3 is 2.50 bits per heavy atom. The SMILES string of the molecule is CCOc1ccc2oc(C(=O)N/N=C/c3ccc(OCc4ccc(F)cc4)cc3)cc2c1. The molecule has 0 bridgehead atoms. The molecule has 4 aromatic rings. The molecule has 0 aliphatic heterocycles. The van der Waals surface area contributed by atoms with Crippen molar-refractivity contribution in [3.63, 3.8) is 0 Å². The second-order valence-electron chi connectivity index (χ2n) is 6.93. The highest BCUT2D eigenvalue weighted by Crippen LogP contribution is 2.24. The first-order valence-corrected chi connectivity index (χ1v) is 10.1. The van der Waals surface area contributed by atoms with Gasteiger partial charge in [0.25, 0.3) is 0 Å². The molecule has 7 heteroatoms. The number of halogens is 1. The first kappa shape index (κ1) is 21.1. The Morgan fingerprint density at radius 1 is 1.00 bits per heavy atom. The van der Waals surface area contributed by atoms with Crippen molar-refractivity contribution in [3.8, 4) is 11.5 Å². The van der Waals surface area contributed by atoms with E-state index in [1.807, 2.05) is 25.1 Å². The normalized spacial score (nSPS) is 11.1. The summed E-state index contributed by atoms with van der Waals surface area (Å²) in [5.41, 5.74) is 4.71. The van der Waals surface area contributed by atoms with Crippen molar-refractivity contribution in [2.45, 2.75) is 13.5 Å². The molecule has 1 heterocycles. The maximum atomic E-state index is 12.9. The molecule has 0 spiro atoms. The van der Waals surface area contributed by atoms with E-state index in [2.05, 4.69) is 10.5 Å². The summed E-state index contributed by atoms with van der Waals surface area (Å²) in [6, 6.07) is 20.4. The van der Waals surface area contributed by atoms with Gasteiger partial charge in [-0.15, -0.1) is 0 Å². The van der Waals surface area contributed by atoms with Gasteiger partial charge in [0, 0.05) is 5.39 Å². The van der Waals surface area contributed by atoms with E-state index in [0.29, 0.717) is 24.5 Å². The zero-order valence-electron chi connectivity index (χ0n) is 17.4. The number of carbonyl (C=O) groups is 1. The molecule has 1 amide bonds. The average molecular weight is 432 g/mol. The summed E-state index contributed by atoms with van der Waals surface area (Å²) in [5.74, 6) is 0.825. The average Bonchev–Trinajstić information content (AvgIpc) is 3.23. The number of carbonyl (C=O) groups excluding carboxylic acids is 1. The third-order valence-electron chi connectivity index (χ3n) is 4.60. The highest BCUT2D eigenvalue weighted by Gasteiger charge is 2.12. The zero-order chi connectivity index (χ0) is 22.3. The Kier molecular flexibility index (Phi) is 6.46. The fraction of sp³-hybridized carbons (Fsp3) is 0.120. The van der Waals surface area contributed by atoms with Crippen LogP contribution in [0.25, 0.3) is 11.0 Å². The minimum Gasteiger partial charge on any atom is -0.494 e. The predicted molar refractivity (Wildman–Crippen MR) is 120 cm³/mol. The third-order valence-corrected chi connectivity index (χ3v) is 4.60. The van der Waals surface area contributed by atoms with E-state index in [4.69, 9.17) is 13.9 Å². The molecule has 0 atom stereocenters. The van der Waals surface area contributed by atoms with Crippen LogP contribution in [0.4, 0.5) is 4.39 Å². The molecule has 1 N–H and O–H groups in total. The number of benzene rings is 3. The summed E-state index contributed by atoms with van der Waals surface area (Å²) in [6.07, 6.45) is 1.53. The van der Waals surface area contributed by atoms with Crippen LogP contribution in [0.5, 0.6) is 11.5 Å². The molecule has 3 aromatic carbocycles. The van der Waals surface area contributed by atoms with Crippen molar-refractivity contribution in [1.29, 1.82) is 0 Å². The van der Waals surface area contributed by atoms with E-state index >= 15 is 0 Å². The van der Waals surface area contributed by atoms with Crippen LogP contribution in [0.1, 0.15) is 28.6 Å². The first-order chi connectivity index (χ1) is 15.6. The van der Waals surface area contributed by atoms with Gasteiger partial charge >= 0.3 is 5.91 Å². The minimum atomic E-state index is -0.449. The molecule has 0 aliphatic rings. The lowest BCUT2D eigenvalue weighted by atomic mass is 10.2. The molecule has 0 radical (unpaired) electrons. The maximum Gasteiger partial charge on any atom is 0.307 e. The van der Waals surface area contributed by atoms with Crippen molar-refractivity contribution in [2.75, 3.05) is 6.61 Å². The number of nitrogens with one attached hydrogen (secondary N) is 1. The predicted octanol–water partition coefficient (Wildman–Crippen LogP) is 5.31. The number of hydrazone groups is 1. The molecule has 0 saturated carbocycles. The summed E-state index contributed by atoms with van der Waals surface area (Å²) >= 11 is 0. The fourth-order valence-electron chi connectivity index (χ4n) is 3.01. The molecule has 6 nitrogen and oxygen atoms in total. The van der Waals surface area contributed by atoms with Gasteiger partial charge in [-0.05, 0) is 78.7 Å². The number of hydrogen-bond donors (Lipinski definition) is 1. The van der Waals surface area contributed by atoms with Gasteiger partial charge in [-0.25, -0.2) is 9.82 Å². The van der Waals surface area contributed by atoms with Crippen molar-refractivity contribution in [2.24, 2.45) is 5.10 Å². The lowest BCUT2D eigenvalue weighted by Crippen LogP contribution is -2.16. The van der Waals surface area contributed by atoms with E-state index < -0.39 is 5.91 Å². The Morgan fingerprint density at radius 2 is 1.75 bits per heavy atom. The number of ether oxygens (including phenoxy) is 2. The zero-order valence-corrected chi connectivity index (χ0v) is 17.4. The van der Waals surface area contributed by atoms with Crippen molar-refractivity contribution < 1.29 is 23.1 Å². The molecule has 32 heavy (non-hydrogen) atoms. The van der Waals surface area contributed by atoms with Gasteiger partial charge in [-0.3, -0.25) is 4.79 Å². The minimum absolute atomic E-state index is 0.162. The topological polar surface area (TPSA) is 73.1 Å². The summed E-state index contributed by atoms with van der Waals surface area (Å²) < 4.78 is 29.7. The van der Waals surface area contributed by atoms with Gasteiger partial charge in [0.1, 0.15) is 29.5 Å². The smallest absolute Gasteiger partial charge is 0.307 e. The summed E-state index contributed by atoms with van der Waals surface area (Å²) in [7, 11) is 0. The quantitative estimate of drug-likeness (QED) is 0.302. The van der Waals surface area contributed by atoms with Crippen LogP contribution in [0.2, 0.25) is 0 Å². The Balaban J connectivity index is 1.31. The van der Waals surface area contributed by atoms with Crippen molar-refractivity contribution >= 4 is 23.1 Å². The van der Waals surface area contributed by atoms with Crippen LogP contribution in [-0.4, -0.2) is 18.7 Å². The van der Waals surface area contributed by atoms with Crippen molar-refractivity contribution in [1.82, 2.24) is 5.43 Å². The number of fused-ring (bicyclic) bond motifs is 1. The second-order valence-corrected chi connectivity index (χ2v) is 6.93. The standard InChI is InChI=1S/C25H21FN2O4/c1-2-30-22-11-12-23-19(13-22)14-24(32-23)25(29)28-27-15-17-5-9-21(10-6-17)31-16-18-3-7-20(26)8-4-18/h3-15H,2,16H2,1H3,(H,28,29)/b27-15+. The van der Waals surface area contributed by atoms with Gasteiger partial charge in [-0.1, -0.05) is 12.1 Å². The molecule has 162 valence electrons. The van der Waals surface area contributed by atoms with Crippen LogP contribution in [-0.2, 0) is 6.61 Å². The van der Waals surface area contributed by atoms with E-state index in [1.165, 1.54) is 18.3 Å². The van der Waals surface area contributed by atoms with Crippen LogP contribution in [0.3, 0.4) is 0 Å². The fourth-order valence-corrected chi connectivity index (χ4v) is 3.01. The van der Waals surface area contributed by atoms with E-state index in [9.17, 15) is 9.18 Å². The molecular weight excluding hydrogens is 411 g/mol. The highest BCUT2D eigenvalue weighted by atomic mass is 19.1. The van der Waals surface area contributed by atoms with Gasteiger partial charge in [-0.2, -0.15) is 5.10 Å². The largest absolute Gasteiger partial charge is 0.494 e. The molecular formula is C25H21FN2O4. The lowest BCUT2D eigenvalue weighted by Gasteiger charge is -2.06. The highest BCUT2D eigenvalue weighted by molar-refractivity contribution is 5.96. The maximum absolute atomic E-state index is 12.9. The molecule has 1 aromatic heterocycles. The molecule has 0 saturated heterocycles. The van der Waals surface area contributed by atoms with Gasteiger partial charge in [0.2, 0.25) is 0 Å². The molecule has 4 rings (SSSR count). The number of rotatable bonds is 8. The Hall–Kier alpha value is -4.13. The molecule has 0 fully saturated rings. The van der Waals surface area contributed by atoms with Gasteiger partial charge in [0.15, 0.2) is 5.76 Å². The summed E-state index contributed by atoms with van der Waals surface area (Å²) in [6.45, 7) is 2.81. The second kappa shape index (κ2) is 9.78. The van der Waals surface area contributed by atoms with Crippen LogP contribution < -0.4 is 14.9 Å². The van der Waals surface area contributed by atoms with Gasteiger partial charge in [0.05, 0.1) is 12.8 Å². The number of nitrogens with zero attached hydrogens (tertiary/aromatic N) is 1. The van der Waals surface area contributed by atoms with Crippen molar-refractivity contribution in [3.05, 3.63) is 95.5 Å². The number of hydrogen-bond acceptors (Lipinski definition) is 5. The van der Waals surface area contributed by atoms with Crippen LogP contribution in [0, 0.1) is 5.82 Å². The monoisotopic (exact) mass is 432 g/mol. The Bertz CT molecular complexity index is 1230. The molecule has 0 unspecified atom stereocenters. The van der Waals surface area contributed by atoms with E-state index in [0.717, 1.165) is 22.3 Å². The van der Waals surface area contributed by atoms with Gasteiger partial charge < -0.3 is 13.9 Å². The van der Waals surface area contributed by atoms with Crippen LogP contribution >= 0.6 is 0 Å². The first-order valence-electron chi connectivity index (χ1n) is 10.1.